The SMILES string of the molecule is Cc1ccc(Oc2ccnc(NC(=O)C3CCCC3)c2)cc1F. The molecule has 120 valence electrons. The van der Waals surface area contributed by atoms with Crippen LogP contribution in [0.5, 0.6) is 11.5 Å². The van der Waals surface area contributed by atoms with Crippen molar-refractivity contribution >= 4 is 11.7 Å². The molecular weight excluding hydrogens is 295 g/mol. The summed E-state index contributed by atoms with van der Waals surface area (Å²) in [6, 6.07) is 8.02. The molecule has 0 bridgehead atoms. The van der Waals surface area contributed by atoms with Crippen LogP contribution in [-0.2, 0) is 4.79 Å². The van der Waals surface area contributed by atoms with Gasteiger partial charge in [0.1, 0.15) is 23.1 Å². The predicted octanol–water partition coefficient (Wildman–Crippen LogP) is 4.45. The van der Waals surface area contributed by atoms with Crippen LogP contribution in [0.2, 0.25) is 0 Å². The molecule has 1 N–H and O–H groups in total. The van der Waals surface area contributed by atoms with Gasteiger partial charge in [-0.2, -0.15) is 0 Å². The fraction of sp³-hybridized carbons (Fsp3) is 0.333. The molecule has 0 spiro atoms. The van der Waals surface area contributed by atoms with Crippen molar-refractivity contribution in [3.63, 3.8) is 0 Å². The van der Waals surface area contributed by atoms with Crippen LogP contribution in [0, 0.1) is 18.7 Å². The van der Waals surface area contributed by atoms with Crippen molar-refractivity contribution < 1.29 is 13.9 Å². The van der Waals surface area contributed by atoms with Crippen LogP contribution in [0.3, 0.4) is 0 Å². The van der Waals surface area contributed by atoms with E-state index in [2.05, 4.69) is 10.3 Å². The quantitative estimate of drug-likeness (QED) is 0.907. The summed E-state index contributed by atoms with van der Waals surface area (Å²) in [5.74, 6) is 1.14. The lowest BCUT2D eigenvalue weighted by molar-refractivity contribution is -0.119. The number of hydrogen-bond donors (Lipinski definition) is 1. The lowest BCUT2D eigenvalue weighted by Crippen LogP contribution is -2.20. The van der Waals surface area contributed by atoms with Crippen LogP contribution in [-0.4, -0.2) is 10.9 Å². The summed E-state index contributed by atoms with van der Waals surface area (Å²) in [5, 5.41) is 2.83. The van der Waals surface area contributed by atoms with Crippen LogP contribution in [0.1, 0.15) is 31.2 Å². The second-order valence-corrected chi connectivity index (χ2v) is 5.86. The van der Waals surface area contributed by atoms with Gasteiger partial charge in [0.25, 0.3) is 0 Å². The Kier molecular flexibility index (Phi) is 4.55. The number of pyridine rings is 1. The lowest BCUT2D eigenvalue weighted by Gasteiger charge is -2.11. The van der Waals surface area contributed by atoms with Crippen LogP contribution in [0.25, 0.3) is 0 Å². The predicted molar refractivity (Wildman–Crippen MR) is 86.0 cm³/mol. The molecule has 0 unspecified atom stereocenters. The van der Waals surface area contributed by atoms with E-state index < -0.39 is 0 Å². The molecule has 1 aliphatic carbocycles. The molecule has 0 saturated heterocycles. The number of nitrogens with zero attached hydrogens (tertiary/aromatic N) is 1. The molecule has 1 saturated carbocycles. The van der Waals surface area contributed by atoms with Gasteiger partial charge < -0.3 is 10.1 Å². The number of anilines is 1. The highest BCUT2D eigenvalue weighted by Gasteiger charge is 2.22. The van der Waals surface area contributed by atoms with Gasteiger partial charge in [-0.15, -0.1) is 0 Å². The van der Waals surface area contributed by atoms with Crippen molar-refractivity contribution in [2.75, 3.05) is 5.32 Å². The summed E-state index contributed by atoms with van der Waals surface area (Å²) >= 11 is 0. The number of aryl methyl sites for hydroxylation is 1. The lowest BCUT2D eigenvalue weighted by atomic mass is 10.1. The Bertz CT molecular complexity index is 712. The third-order valence-corrected chi connectivity index (χ3v) is 4.09. The zero-order chi connectivity index (χ0) is 16.2. The number of nitrogens with one attached hydrogen (secondary N) is 1. The second kappa shape index (κ2) is 6.77. The summed E-state index contributed by atoms with van der Waals surface area (Å²) in [6.45, 7) is 1.70. The van der Waals surface area contributed by atoms with Crippen LogP contribution in [0.15, 0.2) is 36.5 Å². The van der Waals surface area contributed by atoms with Crippen LogP contribution in [0.4, 0.5) is 10.2 Å². The van der Waals surface area contributed by atoms with E-state index in [9.17, 15) is 9.18 Å². The maximum Gasteiger partial charge on any atom is 0.228 e. The second-order valence-electron chi connectivity index (χ2n) is 5.86. The van der Waals surface area contributed by atoms with Crippen molar-refractivity contribution in [1.82, 2.24) is 4.98 Å². The third-order valence-electron chi connectivity index (χ3n) is 4.09. The number of carbonyl (C=O) groups excluding carboxylic acids is 1. The van der Waals surface area contributed by atoms with Crippen molar-refractivity contribution in [3.05, 3.63) is 47.9 Å². The van der Waals surface area contributed by atoms with E-state index in [1.54, 1.807) is 37.4 Å². The zero-order valence-electron chi connectivity index (χ0n) is 13.0. The van der Waals surface area contributed by atoms with Gasteiger partial charge in [-0.1, -0.05) is 18.9 Å². The van der Waals surface area contributed by atoms with E-state index >= 15 is 0 Å². The van der Waals surface area contributed by atoms with Gasteiger partial charge in [-0.25, -0.2) is 9.37 Å². The average molecular weight is 314 g/mol. The standard InChI is InChI=1S/C18H19FN2O2/c1-12-6-7-14(10-16(12)19)23-15-8-9-20-17(11-15)21-18(22)13-4-2-3-5-13/h6-11,13H,2-5H2,1H3,(H,20,21,22). The van der Waals surface area contributed by atoms with E-state index in [1.807, 2.05) is 0 Å². The number of amides is 1. The maximum atomic E-state index is 13.6. The minimum Gasteiger partial charge on any atom is -0.457 e. The molecule has 3 rings (SSSR count). The minimum atomic E-state index is -0.314. The molecule has 1 heterocycles. The van der Waals surface area contributed by atoms with Gasteiger partial charge >= 0.3 is 0 Å². The first-order valence-electron chi connectivity index (χ1n) is 7.83. The fourth-order valence-electron chi connectivity index (χ4n) is 2.73. The first kappa shape index (κ1) is 15.5. The number of aromatic nitrogens is 1. The van der Waals surface area contributed by atoms with Crippen LogP contribution >= 0.6 is 0 Å². The normalized spacial score (nSPS) is 14.7. The van der Waals surface area contributed by atoms with Gasteiger partial charge in [-0.05, 0) is 37.5 Å². The monoisotopic (exact) mass is 314 g/mol. The Balaban J connectivity index is 1.69. The number of halogens is 1. The van der Waals surface area contributed by atoms with Crippen LogP contribution < -0.4 is 10.1 Å². The molecule has 0 radical (unpaired) electrons. The molecule has 2 aromatic rings. The minimum absolute atomic E-state index is 0.00790. The first-order valence-corrected chi connectivity index (χ1v) is 7.83. The van der Waals surface area contributed by atoms with Gasteiger partial charge in [0, 0.05) is 24.2 Å². The Labute approximate surface area is 134 Å². The number of hydrogen-bond acceptors (Lipinski definition) is 3. The first-order chi connectivity index (χ1) is 11.1. The summed E-state index contributed by atoms with van der Waals surface area (Å²) < 4.78 is 19.2. The Morgan fingerprint density at radius 2 is 1.96 bits per heavy atom. The number of rotatable bonds is 4. The summed E-state index contributed by atoms with van der Waals surface area (Å²) in [6.07, 6.45) is 5.64. The van der Waals surface area contributed by atoms with Gasteiger partial charge in [0.2, 0.25) is 5.91 Å². The van der Waals surface area contributed by atoms with E-state index in [0.29, 0.717) is 22.9 Å². The molecule has 1 amide bonds. The molecule has 1 aromatic heterocycles. The maximum absolute atomic E-state index is 13.6. The summed E-state index contributed by atoms with van der Waals surface area (Å²) in [7, 11) is 0. The van der Waals surface area contributed by atoms with Crippen molar-refractivity contribution in [1.29, 1.82) is 0 Å². The topological polar surface area (TPSA) is 51.2 Å². The van der Waals surface area contributed by atoms with E-state index in [0.717, 1.165) is 25.7 Å². The Morgan fingerprint density at radius 3 is 2.70 bits per heavy atom. The molecule has 0 atom stereocenters. The molecule has 1 aliphatic rings. The van der Waals surface area contributed by atoms with Crippen molar-refractivity contribution in [3.8, 4) is 11.5 Å². The molecule has 4 nitrogen and oxygen atoms in total. The van der Waals surface area contributed by atoms with E-state index in [1.165, 1.54) is 6.07 Å². The average Bonchev–Trinajstić information content (AvgIpc) is 3.06. The zero-order valence-corrected chi connectivity index (χ0v) is 13.0. The molecule has 5 heteroatoms. The largest absolute Gasteiger partial charge is 0.457 e. The summed E-state index contributed by atoms with van der Waals surface area (Å²) in [5.41, 5.74) is 0.566. The highest BCUT2D eigenvalue weighted by molar-refractivity contribution is 5.91. The molecular formula is C18H19FN2O2. The van der Waals surface area contributed by atoms with Crippen molar-refractivity contribution in [2.45, 2.75) is 32.6 Å². The molecule has 23 heavy (non-hydrogen) atoms. The fourth-order valence-corrected chi connectivity index (χ4v) is 2.73. The Morgan fingerprint density at radius 1 is 1.22 bits per heavy atom. The van der Waals surface area contributed by atoms with E-state index in [4.69, 9.17) is 4.74 Å². The molecule has 1 aromatic carbocycles. The molecule has 1 fully saturated rings. The van der Waals surface area contributed by atoms with Gasteiger partial charge in [0.15, 0.2) is 0 Å². The number of ether oxygens (including phenoxy) is 1. The number of carbonyl (C=O) groups is 1. The van der Waals surface area contributed by atoms with Gasteiger partial charge in [0.05, 0.1) is 0 Å². The highest BCUT2D eigenvalue weighted by atomic mass is 19.1. The molecule has 0 aliphatic heterocycles. The third kappa shape index (κ3) is 3.86. The Hall–Kier alpha value is -2.43. The van der Waals surface area contributed by atoms with E-state index in [-0.39, 0.29) is 17.6 Å². The summed E-state index contributed by atoms with van der Waals surface area (Å²) in [4.78, 5) is 16.3. The smallest absolute Gasteiger partial charge is 0.228 e. The highest BCUT2D eigenvalue weighted by Crippen LogP contribution is 2.27. The van der Waals surface area contributed by atoms with Gasteiger partial charge in [-0.3, -0.25) is 4.79 Å². The number of benzene rings is 1. The van der Waals surface area contributed by atoms with Crippen molar-refractivity contribution in [2.24, 2.45) is 5.92 Å².